The van der Waals surface area contributed by atoms with Gasteiger partial charge in [0, 0.05) is 5.56 Å². The molecule has 0 unspecified atom stereocenters. The van der Waals surface area contributed by atoms with E-state index < -0.39 is 5.95 Å². The number of carbonyl (C=O) groups is 1. The maximum atomic E-state index is 10.4. The minimum absolute atomic E-state index is 0.335. The molecule has 0 aliphatic heterocycles. The molecule has 2 aromatic rings. The summed E-state index contributed by atoms with van der Waals surface area (Å²) >= 11 is 0. The van der Waals surface area contributed by atoms with Crippen molar-refractivity contribution in [3.8, 4) is 11.7 Å². The number of fused-ring (bicyclic) bond motifs is 1. The van der Waals surface area contributed by atoms with E-state index in [1.54, 1.807) is 0 Å². The lowest BCUT2D eigenvalue weighted by molar-refractivity contribution is 0.112. The Morgan fingerprint density at radius 1 is 1.31 bits per heavy atom. The first-order chi connectivity index (χ1) is 6.22. The molecule has 2 rings (SSSR count). The first kappa shape index (κ1) is 7.67. The minimum atomic E-state index is -0.530. The van der Waals surface area contributed by atoms with E-state index in [0.29, 0.717) is 22.8 Å². The summed E-state index contributed by atoms with van der Waals surface area (Å²) < 4.78 is 4.79. The molecule has 0 saturated carbocycles. The minimum Gasteiger partial charge on any atom is -0.501 e. The van der Waals surface area contributed by atoms with Crippen LogP contribution >= 0.6 is 0 Å². The van der Waals surface area contributed by atoms with Gasteiger partial charge in [-0.15, -0.1) is 0 Å². The summed E-state index contributed by atoms with van der Waals surface area (Å²) in [5, 5.41) is 18.6. The molecule has 0 spiro atoms. The van der Waals surface area contributed by atoms with Crippen LogP contribution in [0.4, 0.5) is 0 Å². The largest absolute Gasteiger partial charge is 0.501 e. The highest BCUT2D eigenvalue weighted by atomic mass is 16.5. The molecule has 1 heterocycles. The quantitative estimate of drug-likeness (QED) is 0.651. The number of aldehydes is 1. The van der Waals surface area contributed by atoms with E-state index in [2.05, 4.69) is 0 Å². The molecule has 0 aliphatic rings. The van der Waals surface area contributed by atoms with Crippen molar-refractivity contribution in [1.82, 2.24) is 0 Å². The normalized spacial score (nSPS) is 10.5. The van der Waals surface area contributed by atoms with Gasteiger partial charge in [-0.2, -0.15) is 0 Å². The number of carbonyl (C=O) groups excluding carboxylic acids is 1. The van der Waals surface area contributed by atoms with Gasteiger partial charge >= 0.3 is 5.95 Å². The van der Waals surface area contributed by atoms with Crippen molar-refractivity contribution in [2.75, 3.05) is 0 Å². The second-order valence-corrected chi connectivity index (χ2v) is 2.63. The van der Waals surface area contributed by atoms with Crippen molar-refractivity contribution in [3.63, 3.8) is 0 Å². The van der Waals surface area contributed by atoms with Crippen LogP contribution in [0.3, 0.4) is 0 Å². The van der Waals surface area contributed by atoms with Gasteiger partial charge in [0.2, 0.25) is 5.75 Å². The number of benzene rings is 1. The molecule has 0 radical (unpaired) electrons. The zero-order chi connectivity index (χ0) is 9.42. The van der Waals surface area contributed by atoms with Crippen molar-refractivity contribution in [3.05, 3.63) is 23.8 Å². The van der Waals surface area contributed by atoms with Crippen LogP contribution in [-0.4, -0.2) is 16.5 Å². The van der Waals surface area contributed by atoms with Gasteiger partial charge in [-0.1, -0.05) is 0 Å². The van der Waals surface area contributed by atoms with E-state index in [9.17, 15) is 9.90 Å². The molecule has 66 valence electrons. The molecule has 13 heavy (non-hydrogen) atoms. The van der Waals surface area contributed by atoms with E-state index in [1.165, 1.54) is 18.2 Å². The van der Waals surface area contributed by atoms with Gasteiger partial charge in [-0.05, 0) is 18.2 Å². The second kappa shape index (κ2) is 2.52. The summed E-state index contributed by atoms with van der Waals surface area (Å²) in [5.74, 6) is -0.864. The van der Waals surface area contributed by atoms with Gasteiger partial charge in [-0.3, -0.25) is 4.79 Å². The Balaban J connectivity index is 2.81. The van der Waals surface area contributed by atoms with Crippen LogP contribution in [-0.2, 0) is 0 Å². The Morgan fingerprint density at radius 3 is 2.77 bits per heavy atom. The fourth-order valence-electron chi connectivity index (χ4n) is 1.16. The van der Waals surface area contributed by atoms with Gasteiger partial charge in [0.15, 0.2) is 0 Å². The summed E-state index contributed by atoms with van der Waals surface area (Å²) in [6.45, 7) is 0. The van der Waals surface area contributed by atoms with Crippen molar-refractivity contribution >= 4 is 17.3 Å². The van der Waals surface area contributed by atoms with E-state index in [1.807, 2.05) is 0 Å². The molecule has 1 aromatic carbocycles. The highest BCUT2D eigenvalue weighted by molar-refractivity contribution is 5.91. The lowest BCUT2D eigenvalue weighted by Gasteiger charge is -1.89. The third kappa shape index (κ3) is 1.03. The monoisotopic (exact) mass is 178 g/mol. The summed E-state index contributed by atoms with van der Waals surface area (Å²) in [7, 11) is 0. The number of aromatic hydroxyl groups is 2. The maximum absolute atomic E-state index is 10.4. The van der Waals surface area contributed by atoms with Gasteiger partial charge in [-0.25, -0.2) is 0 Å². The number of furan rings is 1. The molecule has 1 aromatic heterocycles. The van der Waals surface area contributed by atoms with Gasteiger partial charge in [0.25, 0.3) is 0 Å². The van der Waals surface area contributed by atoms with Crippen molar-refractivity contribution in [1.29, 1.82) is 0 Å². The van der Waals surface area contributed by atoms with Crippen LogP contribution in [0.5, 0.6) is 11.7 Å². The van der Waals surface area contributed by atoms with Gasteiger partial charge in [0.05, 0.1) is 5.39 Å². The second-order valence-electron chi connectivity index (χ2n) is 2.63. The molecule has 0 bridgehead atoms. The number of hydrogen-bond donors (Lipinski definition) is 2. The molecular weight excluding hydrogens is 172 g/mol. The van der Waals surface area contributed by atoms with E-state index >= 15 is 0 Å². The van der Waals surface area contributed by atoms with Crippen LogP contribution in [0.15, 0.2) is 22.6 Å². The summed E-state index contributed by atoms with van der Waals surface area (Å²) in [6.07, 6.45) is 0.656. The zero-order valence-electron chi connectivity index (χ0n) is 6.52. The number of hydrogen-bond acceptors (Lipinski definition) is 4. The highest BCUT2D eigenvalue weighted by Crippen LogP contribution is 2.36. The van der Waals surface area contributed by atoms with Crippen LogP contribution in [0, 0.1) is 0 Å². The first-order valence-electron chi connectivity index (χ1n) is 3.62. The Kier molecular flexibility index (Phi) is 1.48. The van der Waals surface area contributed by atoms with Crippen molar-refractivity contribution in [2.45, 2.75) is 0 Å². The van der Waals surface area contributed by atoms with Gasteiger partial charge < -0.3 is 14.6 Å². The van der Waals surface area contributed by atoms with Gasteiger partial charge in [0.1, 0.15) is 11.9 Å². The molecule has 0 aliphatic carbocycles. The summed E-state index contributed by atoms with van der Waals surface area (Å²) in [5.41, 5.74) is 0.768. The Morgan fingerprint density at radius 2 is 2.08 bits per heavy atom. The zero-order valence-corrected chi connectivity index (χ0v) is 6.52. The smallest absolute Gasteiger partial charge is 0.327 e. The average molecular weight is 178 g/mol. The predicted octanol–water partition coefficient (Wildman–Crippen LogP) is 1.66. The molecular formula is C9H6O4. The van der Waals surface area contributed by atoms with Crippen molar-refractivity contribution in [2.24, 2.45) is 0 Å². The van der Waals surface area contributed by atoms with E-state index in [-0.39, 0.29) is 5.75 Å². The lowest BCUT2D eigenvalue weighted by atomic mass is 10.2. The van der Waals surface area contributed by atoms with Crippen LogP contribution in [0.1, 0.15) is 10.4 Å². The Labute approximate surface area is 73.0 Å². The lowest BCUT2D eigenvalue weighted by Crippen LogP contribution is -1.76. The Hall–Kier alpha value is -1.97. The van der Waals surface area contributed by atoms with Crippen molar-refractivity contribution < 1.29 is 19.4 Å². The van der Waals surface area contributed by atoms with Crippen LogP contribution < -0.4 is 0 Å². The third-order valence-corrected chi connectivity index (χ3v) is 1.80. The molecule has 4 nitrogen and oxygen atoms in total. The fourth-order valence-corrected chi connectivity index (χ4v) is 1.16. The van der Waals surface area contributed by atoms with E-state index in [0.717, 1.165) is 0 Å². The van der Waals surface area contributed by atoms with Crippen LogP contribution in [0.2, 0.25) is 0 Å². The fraction of sp³-hybridized carbons (Fsp3) is 0. The first-order valence-corrected chi connectivity index (χ1v) is 3.62. The topological polar surface area (TPSA) is 70.7 Å². The molecule has 0 amide bonds. The standard InChI is InChI=1S/C9H6O4/c10-4-5-1-2-7-6(3-5)8(11)9(12)13-7/h1-4,11-12H. The SMILES string of the molecule is O=Cc1ccc2oc(O)c(O)c2c1. The molecule has 4 heteroatoms. The summed E-state index contributed by atoms with van der Waals surface area (Å²) in [6, 6.07) is 4.50. The molecule has 0 saturated heterocycles. The number of rotatable bonds is 1. The summed E-state index contributed by atoms with van der Waals surface area (Å²) in [4.78, 5) is 10.4. The molecule has 2 N–H and O–H groups in total. The highest BCUT2D eigenvalue weighted by Gasteiger charge is 2.11. The predicted molar refractivity (Wildman–Crippen MR) is 44.9 cm³/mol. The molecule has 0 fully saturated rings. The van der Waals surface area contributed by atoms with E-state index in [4.69, 9.17) is 9.52 Å². The maximum Gasteiger partial charge on any atom is 0.327 e. The third-order valence-electron chi connectivity index (χ3n) is 1.80. The van der Waals surface area contributed by atoms with Crippen LogP contribution in [0.25, 0.3) is 11.0 Å². The average Bonchev–Trinajstić information content (AvgIpc) is 2.43. The molecule has 0 atom stereocenters. The Bertz CT molecular complexity index is 470.